The highest BCUT2D eigenvalue weighted by Gasteiger charge is 2.37. The summed E-state index contributed by atoms with van der Waals surface area (Å²) in [5.74, 6) is -1.04. The summed E-state index contributed by atoms with van der Waals surface area (Å²) in [6.45, 7) is -0.359. The van der Waals surface area contributed by atoms with Gasteiger partial charge in [-0.1, -0.05) is 18.2 Å². The van der Waals surface area contributed by atoms with Gasteiger partial charge in [0.2, 0.25) is 15.8 Å². The van der Waals surface area contributed by atoms with E-state index in [4.69, 9.17) is 0 Å². The third kappa shape index (κ3) is 4.02. The van der Waals surface area contributed by atoms with Crippen LogP contribution in [-0.2, 0) is 35.6 Å². The molecule has 5 nitrogen and oxygen atoms in total. The fraction of sp³-hybridized carbons (Fsp3) is 0.350. The van der Waals surface area contributed by atoms with Crippen molar-refractivity contribution in [2.75, 3.05) is 6.54 Å². The first-order valence-corrected chi connectivity index (χ1v) is 10.9. The molecule has 4 rings (SSSR count). The molecule has 0 saturated heterocycles. The number of benzene rings is 2. The Morgan fingerprint density at radius 2 is 1.76 bits per heavy atom. The van der Waals surface area contributed by atoms with Crippen molar-refractivity contribution < 1.29 is 21.6 Å². The van der Waals surface area contributed by atoms with E-state index in [1.165, 1.54) is 12.1 Å². The molecule has 3 aromatic rings. The molecule has 1 heterocycles. The molecule has 1 N–H and O–H groups in total. The second-order valence-corrected chi connectivity index (χ2v) is 8.88. The minimum Gasteiger partial charge on any atom is -0.319 e. The van der Waals surface area contributed by atoms with Crippen molar-refractivity contribution in [1.82, 2.24) is 14.3 Å². The average molecular weight is 423 g/mol. The number of aromatic nitrogens is 2. The molecule has 1 aliphatic carbocycles. The van der Waals surface area contributed by atoms with Crippen molar-refractivity contribution >= 4 is 21.1 Å². The molecule has 0 unspecified atom stereocenters. The summed E-state index contributed by atoms with van der Waals surface area (Å²) in [6.07, 6.45) is -0.725. The molecule has 0 atom stereocenters. The Bertz CT molecular complexity index is 1150. The number of halogens is 3. The van der Waals surface area contributed by atoms with E-state index in [9.17, 15) is 21.6 Å². The number of nitrogens with one attached hydrogen (secondary N) is 1. The molecular weight excluding hydrogens is 403 g/mol. The number of sulfonamides is 1. The fourth-order valence-electron chi connectivity index (χ4n) is 3.77. The summed E-state index contributed by atoms with van der Waals surface area (Å²) in [6, 6.07) is 11.3. The van der Waals surface area contributed by atoms with Gasteiger partial charge >= 0.3 is 6.18 Å². The van der Waals surface area contributed by atoms with Crippen LogP contribution in [0.1, 0.15) is 29.8 Å². The standard InChI is InChI=1S/C20H20F3N3O2S/c21-20(22,23)19-25-17-7-3-4-8-18(17)26(19)12-11-24-29(27,28)16-10-9-14-5-1-2-6-15(14)13-16/h3-4,7-10,13,24H,1-2,5-6,11-12H2. The van der Waals surface area contributed by atoms with Crippen LogP contribution in [0.25, 0.3) is 11.0 Å². The molecule has 0 aliphatic heterocycles. The van der Waals surface area contributed by atoms with Gasteiger partial charge in [-0.2, -0.15) is 13.2 Å². The molecule has 0 amide bonds. The van der Waals surface area contributed by atoms with Gasteiger partial charge in [-0.05, 0) is 61.1 Å². The van der Waals surface area contributed by atoms with Crippen LogP contribution in [0.3, 0.4) is 0 Å². The molecule has 0 bridgehead atoms. The predicted octanol–water partition coefficient (Wildman–Crippen LogP) is 3.91. The van der Waals surface area contributed by atoms with Gasteiger partial charge in [0.25, 0.3) is 0 Å². The lowest BCUT2D eigenvalue weighted by molar-refractivity contribution is -0.146. The van der Waals surface area contributed by atoms with Gasteiger partial charge in [0, 0.05) is 13.1 Å². The Morgan fingerprint density at radius 1 is 1.03 bits per heavy atom. The van der Waals surface area contributed by atoms with Crippen LogP contribution in [0.5, 0.6) is 0 Å². The highest BCUT2D eigenvalue weighted by Crippen LogP contribution is 2.31. The van der Waals surface area contributed by atoms with Gasteiger partial charge in [-0.25, -0.2) is 18.1 Å². The predicted molar refractivity (Wildman–Crippen MR) is 103 cm³/mol. The molecule has 0 fully saturated rings. The summed E-state index contributed by atoms with van der Waals surface area (Å²) in [5, 5.41) is 0. The van der Waals surface area contributed by atoms with Gasteiger partial charge in [0.15, 0.2) is 0 Å². The Hall–Kier alpha value is -2.39. The van der Waals surface area contributed by atoms with Crippen molar-refractivity contribution in [3.63, 3.8) is 0 Å². The lowest BCUT2D eigenvalue weighted by Crippen LogP contribution is -2.29. The quantitative estimate of drug-likeness (QED) is 0.677. The van der Waals surface area contributed by atoms with Crippen LogP contribution >= 0.6 is 0 Å². The first-order valence-electron chi connectivity index (χ1n) is 9.40. The number of fused-ring (bicyclic) bond motifs is 2. The maximum Gasteiger partial charge on any atom is 0.449 e. The van der Waals surface area contributed by atoms with Crippen molar-refractivity contribution in [3.8, 4) is 0 Å². The monoisotopic (exact) mass is 423 g/mol. The zero-order chi connectivity index (χ0) is 20.6. The summed E-state index contributed by atoms with van der Waals surface area (Å²) >= 11 is 0. The molecule has 0 radical (unpaired) electrons. The average Bonchev–Trinajstić information content (AvgIpc) is 3.07. The minimum absolute atomic E-state index is 0.143. The van der Waals surface area contributed by atoms with Crippen molar-refractivity contribution in [1.29, 1.82) is 0 Å². The van der Waals surface area contributed by atoms with Crippen molar-refractivity contribution in [2.24, 2.45) is 0 Å². The fourth-order valence-corrected chi connectivity index (χ4v) is 4.84. The lowest BCUT2D eigenvalue weighted by atomic mass is 9.92. The van der Waals surface area contributed by atoms with Crippen molar-refractivity contribution in [2.45, 2.75) is 43.3 Å². The van der Waals surface area contributed by atoms with E-state index < -0.39 is 22.0 Å². The summed E-state index contributed by atoms with van der Waals surface area (Å²) in [5.41, 5.74) is 2.72. The van der Waals surface area contributed by atoms with E-state index in [2.05, 4.69) is 9.71 Å². The molecule has 0 spiro atoms. The molecular formula is C20H20F3N3O2S. The Labute approximate surface area is 166 Å². The zero-order valence-corrected chi connectivity index (χ0v) is 16.4. The van der Waals surface area contributed by atoms with Gasteiger partial charge < -0.3 is 4.57 Å². The van der Waals surface area contributed by atoms with Gasteiger partial charge in [-0.3, -0.25) is 0 Å². The lowest BCUT2D eigenvalue weighted by Gasteiger charge is -2.17. The Morgan fingerprint density at radius 3 is 2.52 bits per heavy atom. The molecule has 1 aliphatic rings. The molecule has 29 heavy (non-hydrogen) atoms. The van der Waals surface area contributed by atoms with Crippen LogP contribution in [0.2, 0.25) is 0 Å². The van der Waals surface area contributed by atoms with Gasteiger partial charge in [0.05, 0.1) is 15.9 Å². The van der Waals surface area contributed by atoms with E-state index in [1.54, 1.807) is 24.3 Å². The molecule has 1 aromatic heterocycles. The summed E-state index contributed by atoms with van der Waals surface area (Å²) in [7, 11) is -3.81. The number of hydrogen-bond donors (Lipinski definition) is 1. The molecule has 0 saturated carbocycles. The molecule has 154 valence electrons. The SMILES string of the molecule is O=S(=O)(NCCn1c(C(F)(F)F)nc2ccccc21)c1ccc2c(c1)CCCC2. The first kappa shape index (κ1) is 19.9. The molecule has 9 heteroatoms. The second kappa shape index (κ2) is 7.46. The normalized spacial score (nSPS) is 14.9. The number of nitrogens with zero attached hydrogens (tertiary/aromatic N) is 2. The topological polar surface area (TPSA) is 64.0 Å². The van der Waals surface area contributed by atoms with Crippen LogP contribution in [0.15, 0.2) is 47.4 Å². The van der Waals surface area contributed by atoms with E-state index in [0.717, 1.165) is 41.4 Å². The van der Waals surface area contributed by atoms with E-state index in [0.29, 0.717) is 5.52 Å². The number of hydrogen-bond acceptors (Lipinski definition) is 3. The number of rotatable bonds is 5. The van der Waals surface area contributed by atoms with Crippen molar-refractivity contribution in [3.05, 3.63) is 59.4 Å². The number of aryl methyl sites for hydroxylation is 2. The third-order valence-electron chi connectivity index (χ3n) is 5.17. The first-order chi connectivity index (χ1) is 13.8. The zero-order valence-electron chi connectivity index (χ0n) is 15.5. The van der Waals surface area contributed by atoms with Crippen LogP contribution in [0, 0.1) is 0 Å². The van der Waals surface area contributed by atoms with E-state index in [1.807, 2.05) is 6.07 Å². The molecule has 2 aromatic carbocycles. The van der Waals surface area contributed by atoms with Crippen LogP contribution in [-0.4, -0.2) is 24.5 Å². The summed E-state index contributed by atoms with van der Waals surface area (Å²) in [4.78, 5) is 3.81. The minimum atomic E-state index is -4.63. The summed E-state index contributed by atoms with van der Waals surface area (Å²) < 4.78 is 68.7. The van der Waals surface area contributed by atoms with Crippen LogP contribution < -0.4 is 4.72 Å². The maximum atomic E-state index is 13.4. The number of para-hydroxylation sites is 2. The Balaban J connectivity index is 1.54. The van der Waals surface area contributed by atoms with Crippen LogP contribution in [0.4, 0.5) is 13.2 Å². The highest BCUT2D eigenvalue weighted by molar-refractivity contribution is 7.89. The van der Waals surface area contributed by atoms with E-state index in [-0.39, 0.29) is 23.5 Å². The third-order valence-corrected chi connectivity index (χ3v) is 6.62. The van der Waals surface area contributed by atoms with E-state index >= 15 is 0 Å². The Kier molecular flexibility index (Phi) is 5.12. The van der Waals surface area contributed by atoms with Gasteiger partial charge in [-0.15, -0.1) is 0 Å². The number of alkyl halides is 3. The smallest absolute Gasteiger partial charge is 0.319 e. The number of imidazole rings is 1. The maximum absolute atomic E-state index is 13.4. The largest absolute Gasteiger partial charge is 0.449 e. The van der Waals surface area contributed by atoms with Gasteiger partial charge in [0.1, 0.15) is 0 Å². The second-order valence-electron chi connectivity index (χ2n) is 7.11. The highest BCUT2D eigenvalue weighted by atomic mass is 32.2.